The molecule has 0 spiro atoms. The van der Waals surface area contributed by atoms with Crippen LogP contribution in [-0.4, -0.2) is 31.1 Å². The van der Waals surface area contributed by atoms with Crippen LogP contribution in [0.25, 0.3) is 11.0 Å². The van der Waals surface area contributed by atoms with Gasteiger partial charge in [-0.25, -0.2) is 9.59 Å². The fraction of sp³-hybridized carbons (Fsp3) is 0.182. The quantitative estimate of drug-likeness (QED) is 0.777. The number of carbonyl (C=O) groups excluding carboxylic acids is 2. The molecule has 0 aliphatic rings. The van der Waals surface area contributed by atoms with Gasteiger partial charge in [-0.1, -0.05) is 11.6 Å². The predicted molar refractivity (Wildman–Crippen MR) is 61.7 cm³/mol. The molecule has 7 heteroatoms. The van der Waals surface area contributed by atoms with Gasteiger partial charge in [-0.15, -0.1) is 0 Å². The lowest BCUT2D eigenvalue weighted by molar-refractivity contribution is 0.0531. The molecule has 0 atom stereocenters. The van der Waals surface area contributed by atoms with Gasteiger partial charge in [0, 0.05) is 12.4 Å². The Morgan fingerprint density at radius 1 is 1.22 bits per heavy atom. The molecule has 0 N–H and O–H groups in total. The number of methoxy groups -OCH3 is 2. The molecular weight excluding hydrogens is 262 g/mol. The van der Waals surface area contributed by atoms with Crippen LogP contribution in [0.3, 0.4) is 0 Å². The van der Waals surface area contributed by atoms with E-state index in [4.69, 9.17) is 16.0 Å². The van der Waals surface area contributed by atoms with Crippen LogP contribution in [-0.2, 0) is 9.47 Å². The van der Waals surface area contributed by atoms with Crippen molar-refractivity contribution in [3.63, 3.8) is 0 Å². The standard InChI is InChI=1S/C11H8ClNO5/c1-16-10(14)7-5-3-13-4-6(12)8(5)18-9(7)11(15)17-2/h3-4H,1-2H3. The molecule has 0 saturated heterocycles. The number of furan rings is 1. The summed E-state index contributed by atoms with van der Waals surface area (Å²) in [6.45, 7) is 0. The molecule has 2 aromatic rings. The number of rotatable bonds is 2. The summed E-state index contributed by atoms with van der Waals surface area (Å²) in [5, 5.41) is 0.488. The molecule has 0 saturated carbocycles. The van der Waals surface area contributed by atoms with Crippen molar-refractivity contribution in [3.05, 3.63) is 28.7 Å². The van der Waals surface area contributed by atoms with Crippen LogP contribution in [0.5, 0.6) is 0 Å². The zero-order chi connectivity index (χ0) is 13.3. The third-order valence-corrected chi connectivity index (χ3v) is 2.58. The largest absolute Gasteiger partial charge is 0.465 e. The maximum atomic E-state index is 11.7. The average molecular weight is 270 g/mol. The van der Waals surface area contributed by atoms with Gasteiger partial charge in [-0.05, 0) is 0 Å². The van der Waals surface area contributed by atoms with E-state index >= 15 is 0 Å². The maximum absolute atomic E-state index is 11.7. The summed E-state index contributed by atoms with van der Waals surface area (Å²) in [7, 11) is 2.37. The van der Waals surface area contributed by atoms with Crippen LogP contribution in [0.1, 0.15) is 20.9 Å². The highest BCUT2D eigenvalue weighted by Crippen LogP contribution is 2.31. The number of nitrogens with zero attached hydrogens (tertiary/aromatic N) is 1. The number of fused-ring (bicyclic) bond motifs is 1. The number of aromatic nitrogens is 1. The van der Waals surface area contributed by atoms with Crippen molar-refractivity contribution in [1.29, 1.82) is 0 Å². The Balaban J connectivity index is 2.80. The molecule has 0 aromatic carbocycles. The van der Waals surface area contributed by atoms with Gasteiger partial charge in [0.15, 0.2) is 5.58 Å². The second kappa shape index (κ2) is 4.66. The van der Waals surface area contributed by atoms with Crippen LogP contribution in [0, 0.1) is 0 Å². The molecule has 0 fully saturated rings. The van der Waals surface area contributed by atoms with E-state index in [0.717, 1.165) is 0 Å². The van der Waals surface area contributed by atoms with Gasteiger partial charge in [0.05, 0.1) is 19.6 Å². The van der Waals surface area contributed by atoms with Crippen molar-refractivity contribution in [1.82, 2.24) is 4.98 Å². The maximum Gasteiger partial charge on any atom is 0.374 e. The average Bonchev–Trinajstić information content (AvgIpc) is 2.77. The van der Waals surface area contributed by atoms with Gasteiger partial charge >= 0.3 is 11.9 Å². The Morgan fingerprint density at radius 2 is 1.89 bits per heavy atom. The van der Waals surface area contributed by atoms with Crippen LogP contribution in [0.4, 0.5) is 0 Å². The zero-order valence-electron chi connectivity index (χ0n) is 9.52. The van der Waals surface area contributed by atoms with Gasteiger partial charge in [-0.2, -0.15) is 0 Å². The SMILES string of the molecule is COC(=O)c1oc2c(Cl)cncc2c1C(=O)OC. The highest BCUT2D eigenvalue weighted by molar-refractivity contribution is 6.35. The molecule has 0 aliphatic heterocycles. The fourth-order valence-corrected chi connectivity index (χ4v) is 1.72. The van der Waals surface area contributed by atoms with E-state index in [1.54, 1.807) is 0 Å². The van der Waals surface area contributed by atoms with Gasteiger partial charge in [-0.3, -0.25) is 4.98 Å². The van der Waals surface area contributed by atoms with E-state index in [1.807, 2.05) is 0 Å². The Kier molecular flexibility index (Phi) is 3.20. The van der Waals surface area contributed by atoms with E-state index in [0.29, 0.717) is 5.39 Å². The Bertz CT molecular complexity index is 634. The number of halogens is 1. The first-order valence-electron chi connectivity index (χ1n) is 4.82. The minimum Gasteiger partial charge on any atom is -0.465 e. The number of esters is 2. The second-order valence-corrected chi connectivity index (χ2v) is 3.69. The molecule has 2 aromatic heterocycles. The smallest absolute Gasteiger partial charge is 0.374 e. The summed E-state index contributed by atoms with van der Waals surface area (Å²) in [6, 6.07) is 0. The first-order valence-corrected chi connectivity index (χ1v) is 5.20. The molecule has 94 valence electrons. The number of carbonyl (C=O) groups is 2. The number of hydrogen-bond donors (Lipinski definition) is 0. The van der Waals surface area contributed by atoms with E-state index in [-0.39, 0.29) is 21.9 Å². The topological polar surface area (TPSA) is 78.6 Å². The predicted octanol–water partition coefficient (Wildman–Crippen LogP) is 2.05. The fourth-order valence-electron chi connectivity index (χ4n) is 1.52. The molecule has 0 amide bonds. The van der Waals surface area contributed by atoms with Crippen molar-refractivity contribution in [2.75, 3.05) is 14.2 Å². The second-order valence-electron chi connectivity index (χ2n) is 3.29. The zero-order valence-corrected chi connectivity index (χ0v) is 10.3. The molecule has 18 heavy (non-hydrogen) atoms. The van der Waals surface area contributed by atoms with Gasteiger partial charge in [0.1, 0.15) is 10.6 Å². The lowest BCUT2D eigenvalue weighted by Crippen LogP contribution is -2.09. The Morgan fingerprint density at radius 3 is 2.50 bits per heavy atom. The first-order chi connectivity index (χ1) is 8.60. The molecule has 0 bridgehead atoms. The van der Waals surface area contributed by atoms with Crippen molar-refractivity contribution in [2.45, 2.75) is 0 Å². The highest BCUT2D eigenvalue weighted by atomic mass is 35.5. The van der Waals surface area contributed by atoms with Crippen LogP contribution >= 0.6 is 11.6 Å². The third-order valence-electron chi connectivity index (χ3n) is 2.31. The minimum atomic E-state index is -0.789. The first kappa shape index (κ1) is 12.4. The summed E-state index contributed by atoms with van der Waals surface area (Å²) in [5.41, 5.74) is 0.141. The molecule has 0 unspecified atom stereocenters. The van der Waals surface area contributed by atoms with Crippen molar-refractivity contribution in [3.8, 4) is 0 Å². The van der Waals surface area contributed by atoms with Crippen LogP contribution in [0.2, 0.25) is 5.02 Å². The summed E-state index contributed by atoms with van der Waals surface area (Å²) < 4.78 is 14.4. The third kappa shape index (κ3) is 1.80. The van der Waals surface area contributed by atoms with Crippen molar-refractivity contribution in [2.24, 2.45) is 0 Å². The van der Waals surface area contributed by atoms with Crippen molar-refractivity contribution >= 4 is 34.5 Å². The lowest BCUT2D eigenvalue weighted by atomic mass is 10.1. The van der Waals surface area contributed by atoms with Gasteiger partial charge < -0.3 is 13.9 Å². The Labute approximate surface area is 106 Å². The van der Waals surface area contributed by atoms with E-state index in [2.05, 4.69) is 14.5 Å². The summed E-state index contributed by atoms with van der Waals surface area (Å²) in [6.07, 6.45) is 2.71. The van der Waals surface area contributed by atoms with E-state index in [1.165, 1.54) is 26.6 Å². The molecular formula is C11H8ClNO5. The molecule has 0 radical (unpaired) electrons. The number of pyridine rings is 1. The van der Waals surface area contributed by atoms with Crippen molar-refractivity contribution < 1.29 is 23.5 Å². The minimum absolute atomic E-state index is 0.0469. The molecule has 6 nitrogen and oxygen atoms in total. The summed E-state index contributed by atoms with van der Waals surface area (Å²) in [4.78, 5) is 27.1. The van der Waals surface area contributed by atoms with Gasteiger partial charge in [0.2, 0.25) is 5.76 Å². The highest BCUT2D eigenvalue weighted by Gasteiger charge is 2.28. The normalized spacial score (nSPS) is 10.4. The van der Waals surface area contributed by atoms with E-state index < -0.39 is 11.9 Å². The summed E-state index contributed by atoms with van der Waals surface area (Å²) >= 11 is 5.88. The van der Waals surface area contributed by atoms with E-state index in [9.17, 15) is 9.59 Å². The van der Waals surface area contributed by atoms with Gasteiger partial charge in [0.25, 0.3) is 0 Å². The number of hydrogen-bond acceptors (Lipinski definition) is 6. The monoisotopic (exact) mass is 269 g/mol. The van der Waals surface area contributed by atoms with Crippen LogP contribution < -0.4 is 0 Å². The summed E-state index contributed by atoms with van der Waals surface area (Å²) in [5.74, 6) is -1.77. The Hall–Kier alpha value is -2.08. The lowest BCUT2D eigenvalue weighted by Gasteiger charge is -1.98. The molecule has 0 aliphatic carbocycles. The number of ether oxygens (including phenoxy) is 2. The molecule has 2 rings (SSSR count). The van der Waals surface area contributed by atoms with Crippen LogP contribution in [0.15, 0.2) is 16.8 Å². The molecule has 2 heterocycles.